The Labute approximate surface area is 205 Å². The fraction of sp³-hybridized carbons (Fsp3) is 0.103. The highest BCUT2D eigenvalue weighted by Crippen LogP contribution is 2.44. The molecule has 0 saturated carbocycles. The van der Waals surface area contributed by atoms with Crippen LogP contribution in [0.4, 0.5) is 4.39 Å². The van der Waals surface area contributed by atoms with Gasteiger partial charge in [0, 0.05) is 51.4 Å². The Morgan fingerprint density at radius 3 is 2.36 bits per heavy atom. The lowest BCUT2D eigenvalue weighted by molar-refractivity contribution is -0.140. The number of aliphatic hydroxyl groups excluding tert-OH is 1. The Bertz CT molecular complexity index is 1690. The molecular weight excluding hydrogens is 457 g/mol. The van der Waals surface area contributed by atoms with Crippen LogP contribution in [0, 0.1) is 12.7 Å². The minimum Gasteiger partial charge on any atom is -0.507 e. The molecule has 1 atom stereocenters. The number of likely N-dealkylation sites (tertiary alicyclic amines) is 1. The number of aryl methyl sites for hydroxylation is 1. The van der Waals surface area contributed by atoms with E-state index in [1.807, 2.05) is 55.5 Å². The van der Waals surface area contributed by atoms with Crippen molar-refractivity contribution in [2.75, 3.05) is 0 Å². The molecule has 0 spiro atoms. The smallest absolute Gasteiger partial charge is 0.295 e. The third-order valence-electron chi connectivity index (χ3n) is 6.87. The average molecular weight is 480 g/mol. The number of carbonyl (C=O) groups is 2. The van der Waals surface area contributed by atoms with Crippen LogP contribution in [0.2, 0.25) is 0 Å². The normalized spacial score (nSPS) is 17.5. The molecule has 0 bridgehead atoms. The standard InChI is InChI=1S/C29H22FN3O3/c1-16-24(20-7-3-5-9-23(20)32-16)26-25(27(34)21-14-31-22-8-4-2-6-19(21)22)28(35)29(36)33(26)15-17-10-12-18(30)13-11-17/h2-14,26,31-32,34H,15H2,1H3/b27-25+. The first-order valence-electron chi connectivity index (χ1n) is 11.6. The van der Waals surface area contributed by atoms with Gasteiger partial charge in [-0.2, -0.15) is 0 Å². The maximum absolute atomic E-state index is 13.5. The number of H-pyrrole nitrogens is 2. The van der Waals surface area contributed by atoms with E-state index in [9.17, 15) is 19.1 Å². The number of aromatic amines is 2. The number of Topliss-reactive ketones (excluding diaryl/α,β-unsaturated/α-hetero) is 1. The van der Waals surface area contributed by atoms with Crippen LogP contribution in [0.25, 0.3) is 27.6 Å². The molecule has 6 rings (SSSR count). The quantitative estimate of drug-likeness (QED) is 0.175. The van der Waals surface area contributed by atoms with E-state index in [4.69, 9.17) is 0 Å². The second-order valence-corrected chi connectivity index (χ2v) is 9.01. The predicted octanol–water partition coefficient (Wildman–Crippen LogP) is 5.72. The fourth-order valence-corrected chi connectivity index (χ4v) is 5.19. The fourth-order valence-electron chi connectivity index (χ4n) is 5.19. The predicted molar refractivity (Wildman–Crippen MR) is 136 cm³/mol. The summed E-state index contributed by atoms with van der Waals surface area (Å²) in [4.78, 5) is 34.8. The van der Waals surface area contributed by atoms with Crippen molar-refractivity contribution < 1.29 is 19.1 Å². The lowest BCUT2D eigenvalue weighted by Crippen LogP contribution is -2.29. The van der Waals surface area contributed by atoms with E-state index in [0.29, 0.717) is 11.1 Å². The molecule has 1 aliphatic heterocycles. The van der Waals surface area contributed by atoms with Gasteiger partial charge in [-0.25, -0.2) is 4.39 Å². The second-order valence-electron chi connectivity index (χ2n) is 9.01. The van der Waals surface area contributed by atoms with E-state index in [0.717, 1.165) is 33.1 Å². The summed E-state index contributed by atoms with van der Waals surface area (Å²) in [5.74, 6) is -2.09. The van der Waals surface area contributed by atoms with Crippen molar-refractivity contribution in [1.29, 1.82) is 0 Å². The van der Waals surface area contributed by atoms with Gasteiger partial charge in [0.1, 0.15) is 11.6 Å². The third kappa shape index (κ3) is 3.32. The summed E-state index contributed by atoms with van der Waals surface area (Å²) in [5, 5.41) is 13.1. The van der Waals surface area contributed by atoms with Gasteiger partial charge in [0.15, 0.2) is 0 Å². The molecule has 5 aromatic rings. The van der Waals surface area contributed by atoms with E-state index >= 15 is 0 Å². The highest BCUT2D eigenvalue weighted by atomic mass is 19.1. The largest absolute Gasteiger partial charge is 0.507 e. The van der Waals surface area contributed by atoms with Crippen molar-refractivity contribution in [2.24, 2.45) is 0 Å². The van der Waals surface area contributed by atoms with Crippen LogP contribution in [-0.4, -0.2) is 31.7 Å². The number of nitrogens with zero attached hydrogens (tertiary/aromatic N) is 1. The van der Waals surface area contributed by atoms with E-state index in [1.165, 1.54) is 17.0 Å². The van der Waals surface area contributed by atoms with Crippen molar-refractivity contribution in [2.45, 2.75) is 19.5 Å². The van der Waals surface area contributed by atoms with Crippen molar-refractivity contribution >= 4 is 39.3 Å². The van der Waals surface area contributed by atoms with Crippen LogP contribution < -0.4 is 0 Å². The first-order chi connectivity index (χ1) is 17.4. The molecule has 1 saturated heterocycles. The van der Waals surface area contributed by atoms with Gasteiger partial charge in [0.05, 0.1) is 11.6 Å². The molecule has 36 heavy (non-hydrogen) atoms. The number of aromatic nitrogens is 2. The lowest BCUT2D eigenvalue weighted by atomic mass is 9.93. The molecule has 1 amide bonds. The molecular formula is C29H22FN3O3. The van der Waals surface area contributed by atoms with E-state index in [-0.39, 0.29) is 23.7 Å². The first kappa shape index (κ1) is 21.9. The van der Waals surface area contributed by atoms with Crippen LogP contribution in [0.1, 0.15) is 28.4 Å². The van der Waals surface area contributed by atoms with Crippen molar-refractivity contribution in [3.63, 3.8) is 0 Å². The summed E-state index contributed by atoms with van der Waals surface area (Å²) in [6.07, 6.45) is 1.65. The summed E-state index contributed by atoms with van der Waals surface area (Å²) in [6, 6.07) is 20.1. The van der Waals surface area contributed by atoms with Crippen LogP contribution in [0.15, 0.2) is 84.6 Å². The van der Waals surface area contributed by atoms with Gasteiger partial charge >= 0.3 is 0 Å². The van der Waals surface area contributed by atoms with Gasteiger partial charge < -0.3 is 20.0 Å². The Hall–Kier alpha value is -4.65. The van der Waals surface area contributed by atoms with Crippen molar-refractivity contribution in [3.05, 3.63) is 113 Å². The number of aliphatic hydroxyl groups is 1. The maximum atomic E-state index is 13.5. The van der Waals surface area contributed by atoms with Crippen LogP contribution >= 0.6 is 0 Å². The van der Waals surface area contributed by atoms with Gasteiger partial charge in [0.2, 0.25) is 0 Å². The van der Waals surface area contributed by atoms with Gasteiger partial charge in [-0.1, -0.05) is 48.5 Å². The van der Waals surface area contributed by atoms with E-state index in [2.05, 4.69) is 9.97 Å². The zero-order valence-electron chi connectivity index (χ0n) is 19.4. The number of hydrogen-bond acceptors (Lipinski definition) is 3. The molecule has 6 nitrogen and oxygen atoms in total. The Morgan fingerprint density at radius 1 is 0.944 bits per heavy atom. The van der Waals surface area contributed by atoms with Gasteiger partial charge in [-0.3, -0.25) is 9.59 Å². The van der Waals surface area contributed by atoms with Crippen molar-refractivity contribution in [1.82, 2.24) is 14.9 Å². The minimum absolute atomic E-state index is 0.0275. The number of halogens is 1. The molecule has 1 fully saturated rings. The summed E-state index contributed by atoms with van der Waals surface area (Å²) in [5.41, 5.74) is 4.36. The van der Waals surface area contributed by atoms with Gasteiger partial charge in [-0.15, -0.1) is 0 Å². The van der Waals surface area contributed by atoms with Gasteiger partial charge in [0.25, 0.3) is 11.7 Å². The number of fused-ring (bicyclic) bond motifs is 2. The number of ketones is 1. The average Bonchev–Trinajstić information content (AvgIpc) is 3.53. The number of nitrogens with one attached hydrogen (secondary N) is 2. The number of amides is 1. The number of benzene rings is 3. The summed E-state index contributed by atoms with van der Waals surface area (Å²) in [6.45, 7) is 1.97. The summed E-state index contributed by atoms with van der Waals surface area (Å²) in [7, 11) is 0. The molecule has 178 valence electrons. The molecule has 3 aromatic carbocycles. The van der Waals surface area contributed by atoms with E-state index in [1.54, 1.807) is 18.3 Å². The van der Waals surface area contributed by atoms with E-state index < -0.39 is 17.7 Å². The molecule has 3 heterocycles. The Kier molecular flexibility index (Phi) is 5.00. The second kappa shape index (κ2) is 8.23. The topological polar surface area (TPSA) is 89.2 Å². The summed E-state index contributed by atoms with van der Waals surface area (Å²) < 4.78 is 13.5. The highest BCUT2D eigenvalue weighted by Gasteiger charge is 2.47. The number of hydrogen-bond donors (Lipinski definition) is 3. The molecule has 3 N–H and O–H groups in total. The number of para-hydroxylation sites is 2. The molecule has 1 aliphatic rings. The molecule has 7 heteroatoms. The van der Waals surface area contributed by atoms with Gasteiger partial charge in [-0.05, 0) is 36.8 Å². The highest BCUT2D eigenvalue weighted by molar-refractivity contribution is 6.46. The monoisotopic (exact) mass is 479 g/mol. The molecule has 0 radical (unpaired) electrons. The lowest BCUT2D eigenvalue weighted by Gasteiger charge is -2.26. The number of rotatable bonds is 4. The zero-order valence-corrected chi connectivity index (χ0v) is 19.4. The summed E-state index contributed by atoms with van der Waals surface area (Å²) >= 11 is 0. The first-order valence-corrected chi connectivity index (χ1v) is 11.6. The van der Waals surface area contributed by atoms with Crippen LogP contribution in [0.5, 0.6) is 0 Å². The Balaban J connectivity index is 1.59. The zero-order chi connectivity index (χ0) is 25.0. The molecule has 0 aliphatic carbocycles. The van der Waals surface area contributed by atoms with Crippen molar-refractivity contribution in [3.8, 4) is 0 Å². The Morgan fingerprint density at radius 2 is 1.61 bits per heavy atom. The SMILES string of the molecule is Cc1[nH]c2ccccc2c1C1/C(=C(\O)c2c[nH]c3ccccc23)C(=O)C(=O)N1Cc1ccc(F)cc1. The minimum atomic E-state index is -0.833. The molecule has 1 unspecified atom stereocenters. The number of carbonyl (C=O) groups excluding carboxylic acids is 2. The third-order valence-corrected chi connectivity index (χ3v) is 6.87. The van der Waals surface area contributed by atoms with Crippen LogP contribution in [-0.2, 0) is 16.1 Å². The van der Waals surface area contributed by atoms with Crippen LogP contribution in [0.3, 0.4) is 0 Å². The molecule has 2 aromatic heterocycles. The maximum Gasteiger partial charge on any atom is 0.295 e.